The van der Waals surface area contributed by atoms with Gasteiger partial charge in [-0.25, -0.2) is 8.42 Å². The molecule has 0 saturated heterocycles. The predicted molar refractivity (Wildman–Crippen MR) is 100 cm³/mol. The van der Waals surface area contributed by atoms with Crippen LogP contribution in [0.2, 0.25) is 0 Å². The monoisotopic (exact) mass is 441 g/mol. The van der Waals surface area contributed by atoms with Gasteiger partial charge in [-0.2, -0.15) is 0 Å². The van der Waals surface area contributed by atoms with E-state index in [0.717, 1.165) is 11.1 Å². The second-order valence-electron chi connectivity index (χ2n) is 4.73. The van der Waals surface area contributed by atoms with Crippen LogP contribution in [0.1, 0.15) is 11.1 Å². The van der Waals surface area contributed by atoms with E-state index in [2.05, 4.69) is 15.6 Å². The maximum absolute atomic E-state index is 11.2. The SMILES string of the molecule is CN=C(NCCOC)NCc1ccc(CS(C)(=O)=O)cc1.I. The summed E-state index contributed by atoms with van der Waals surface area (Å²) in [6.07, 6.45) is 1.23. The average Bonchev–Trinajstić information content (AvgIpc) is 2.42. The van der Waals surface area contributed by atoms with Crippen molar-refractivity contribution in [3.05, 3.63) is 35.4 Å². The Morgan fingerprint density at radius 3 is 2.27 bits per heavy atom. The molecule has 0 bridgehead atoms. The van der Waals surface area contributed by atoms with Crippen LogP contribution >= 0.6 is 24.0 Å². The first-order chi connectivity index (χ1) is 9.94. The van der Waals surface area contributed by atoms with Crippen LogP contribution in [0.4, 0.5) is 0 Å². The van der Waals surface area contributed by atoms with Crippen LogP contribution in [0.5, 0.6) is 0 Å². The molecule has 22 heavy (non-hydrogen) atoms. The lowest BCUT2D eigenvalue weighted by atomic mass is 10.1. The summed E-state index contributed by atoms with van der Waals surface area (Å²) in [6.45, 7) is 1.91. The topological polar surface area (TPSA) is 79.8 Å². The van der Waals surface area contributed by atoms with Gasteiger partial charge in [0.05, 0.1) is 12.4 Å². The number of benzene rings is 1. The van der Waals surface area contributed by atoms with Gasteiger partial charge in [0.1, 0.15) is 0 Å². The minimum Gasteiger partial charge on any atom is -0.383 e. The molecule has 1 aromatic rings. The van der Waals surface area contributed by atoms with E-state index in [1.54, 1.807) is 14.2 Å². The summed E-state index contributed by atoms with van der Waals surface area (Å²) in [7, 11) is 0.365. The molecule has 0 heterocycles. The molecule has 126 valence electrons. The molecule has 0 saturated carbocycles. The van der Waals surface area contributed by atoms with Gasteiger partial charge in [0.2, 0.25) is 0 Å². The Labute approximate surface area is 149 Å². The number of sulfone groups is 1. The van der Waals surface area contributed by atoms with Gasteiger partial charge in [0.25, 0.3) is 0 Å². The molecular weight excluding hydrogens is 417 g/mol. The van der Waals surface area contributed by atoms with E-state index in [4.69, 9.17) is 4.74 Å². The molecule has 1 rings (SSSR count). The third-order valence-corrected chi connectivity index (χ3v) is 3.59. The fourth-order valence-corrected chi connectivity index (χ4v) is 2.53. The quantitative estimate of drug-likeness (QED) is 0.288. The number of aliphatic imine (C=N–C) groups is 1. The minimum absolute atomic E-state index is 0. The number of halogens is 1. The highest BCUT2D eigenvalue weighted by Crippen LogP contribution is 2.07. The van der Waals surface area contributed by atoms with Gasteiger partial charge >= 0.3 is 0 Å². The van der Waals surface area contributed by atoms with Crippen LogP contribution in [0.15, 0.2) is 29.3 Å². The van der Waals surface area contributed by atoms with Crippen molar-refractivity contribution in [3.63, 3.8) is 0 Å². The molecular formula is C14H24IN3O3S. The molecule has 0 aliphatic rings. The zero-order valence-corrected chi connectivity index (χ0v) is 16.3. The molecule has 0 aromatic heterocycles. The highest BCUT2D eigenvalue weighted by molar-refractivity contribution is 14.0. The smallest absolute Gasteiger partial charge is 0.191 e. The first kappa shape index (κ1) is 21.1. The zero-order chi connectivity index (χ0) is 15.7. The summed E-state index contributed by atoms with van der Waals surface area (Å²) in [5.74, 6) is 0.772. The van der Waals surface area contributed by atoms with Crippen molar-refractivity contribution in [2.45, 2.75) is 12.3 Å². The lowest BCUT2D eigenvalue weighted by Crippen LogP contribution is -2.38. The molecule has 0 fully saturated rings. The van der Waals surface area contributed by atoms with Crippen LogP contribution in [0.25, 0.3) is 0 Å². The van der Waals surface area contributed by atoms with Crippen LogP contribution in [-0.4, -0.2) is 47.9 Å². The van der Waals surface area contributed by atoms with Gasteiger partial charge in [-0.1, -0.05) is 24.3 Å². The van der Waals surface area contributed by atoms with E-state index in [1.165, 1.54) is 6.26 Å². The summed E-state index contributed by atoms with van der Waals surface area (Å²) < 4.78 is 27.4. The third kappa shape index (κ3) is 9.21. The number of hydrogen-bond acceptors (Lipinski definition) is 4. The summed E-state index contributed by atoms with van der Waals surface area (Å²) in [5.41, 5.74) is 1.85. The van der Waals surface area contributed by atoms with Crippen molar-refractivity contribution in [2.24, 2.45) is 4.99 Å². The van der Waals surface area contributed by atoms with E-state index in [0.29, 0.717) is 25.7 Å². The molecule has 0 atom stereocenters. The number of ether oxygens (including phenoxy) is 1. The van der Waals surface area contributed by atoms with Gasteiger partial charge in [0, 0.05) is 33.5 Å². The van der Waals surface area contributed by atoms with Crippen LogP contribution in [-0.2, 0) is 26.9 Å². The summed E-state index contributed by atoms with van der Waals surface area (Å²) in [5, 5.41) is 6.30. The number of nitrogens with one attached hydrogen (secondary N) is 2. The Kier molecular flexibility index (Phi) is 10.4. The van der Waals surface area contributed by atoms with E-state index < -0.39 is 9.84 Å². The molecule has 0 aliphatic carbocycles. The molecule has 0 amide bonds. The van der Waals surface area contributed by atoms with E-state index >= 15 is 0 Å². The molecule has 0 radical (unpaired) electrons. The van der Waals surface area contributed by atoms with Gasteiger partial charge in [-0.15, -0.1) is 24.0 Å². The third-order valence-electron chi connectivity index (χ3n) is 2.73. The van der Waals surface area contributed by atoms with Gasteiger partial charge in [-0.3, -0.25) is 4.99 Å². The lowest BCUT2D eigenvalue weighted by Gasteiger charge is -2.11. The molecule has 1 aromatic carbocycles. The molecule has 2 N–H and O–H groups in total. The number of methoxy groups -OCH3 is 1. The van der Waals surface area contributed by atoms with Gasteiger partial charge in [0.15, 0.2) is 15.8 Å². The molecule has 8 heteroatoms. The summed E-state index contributed by atoms with van der Waals surface area (Å²) >= 11 is 0. The first-order valence-electron chi connectivity index (χ1n) is 6.63. The van der Waals surface area contributed by atoms with Gasteiger partial charge < -0.3 is 15.4 Å². The Morgan fingerprint density at radius 1 is 1.18 bits per heavy atom. The van der Waals surface area contributed by atoms with Crippen molar-refractivity contribution in [1.29, 1.82) is 0 Å². The highest BCUT2D eigenvalue weighted by Gasteiger charge is 2.04. The lowest BCUT2D eigenvalue weighted by molar-refractivity contribution is 0.203. The Hall–Kier alpha value is -0.870. The van der Waals surface area contributed by atoms with Crippen molar-refractivity contribution >= 4 is 39.8 Å². The summed E-state index contributed by atoms with van der Waals surface area (Å²) in [6, 6.07) is 7.49. The largest absolute Gasteiger partial charge is 0.383 e. The maximum Gasteiger partial charge on any atom is 0.191 e. The Balaban J connectivity index is 0.00000441. The van der Waals surface area contributed by atoms with Crippen molar-refractivity contribution < 1.29 is 13.2 Å². The van der Waals surface area contributed by atoms with Crippen LogP contribution in [0.3, 0.4) is 0 Å². The average molecular weight is 441 g/mol. The molecule has 0 aliphatic heterocycles. The standard InChI is InChI=1S/C14H23N3O3S.HI/c1-15-14(16-8-9-20-2)17-10-12-4-6-13(7-5-12)11-21(3,18)19;/h4-7H,8-11H2,1-3H3,(H2,15,16,17);1H. The number of guanidine groups is 1. The number of nitrogens with zero attached hydrogens (tertiary/aromatic N) is 1. The Bertz CT molecular complexity index is 559. The second kappa shape index (κ2) is 10.8. The Morgan fingerprint density at radius 2 is 1.77 bits per heavy atom. The van der Waals surface area contributed by atoms with Crippen LogP contribution < -0.4 is 10.6 Å². The zero-order valence-electron chi connectivity index (χ0n) is 13.1. The van der Waals surface area contributed by atoms with Crippen molar-refractivity contribution in [2.75, 3.05) is 33.6 Å². The van der Waals surface area contributed by atoms with Crippen LogP contribution in [0, 0.1) is 0 Å². The van der Waals surface area contributed by atoms with Crippen molar-refractivity contribution in [3.8, 4) is 0 Å². The van der Waals surface area contributed by atoms with E-state index in [1.807, 2.05) is 24.3 Å². The van der Waals surface area contributed by atoms with Gasteiger partial charge in [-0.05, 0) is 11.1 Å². The fraction of sp³-hybridized carbons (Fsp3) is 0.500. The number of hydrogen-bond donors (Lipinski definition) is 2. The molecule has 0 spiro atoms. The molecule has 6 nitrogen and oxygen atoms in total. The maximum atomic E-state index is 11.2. The minimum atomic E-state index is -2.99. The van der Waals surface area contributed by atoms with E-state index in [-0.39, 0.29) is 29.7 Å². The predicted octanol–water partition coefficient (Wildman–Crippen LogP) is 1.16. The van der Waals surface area contributed by atoms with Crippen molar-refractivity contribution in [1.82, 2.24) is 10.6 Å². The highest BCUT2D eigenvalue weighted by atomic mass is 127. The fourth-order valence-electron chi connectivity index (χ4n) is 1.73. The molecule has 0 unspecified atom stereocenters. The van der Waals surface area contributed by atoms with E-state index in [9.17, 15) is 8.42 Å². The normalized spacial score (nSPS) is 11.7. The summed E-state index contributed by atoms with van der Waals surface area (Å²) in [4.78, 5) is 4.10. The number of rotatable bonds is 7. The first-order valence-corrected chi connectivity index (χ1v) is 8.69. The second-order valence-corrected chi connectivity index (χ2v) is 6.87.